The number of alkyl halides is 2. The van der Waals surface area contributed by atoms with Gasteiger partial charge in [0.1, 0.15) is 11.6 Å². The molecule has 2 atom stereocenters. The minimum absolute atomic E-state index is 0.0153. The molecule has 5 heteroatoms. The Bertz CT molecular complexity index is 994. The van der Waals surface area contributed by atoms with Gasteiger partial charge in [0.2, 0.25) is 0 Å². The molecule has 0 saturated heterocycles. The number of aryl methyl sites for hydroxylation is 1. The van der Waals surface area contributed by atoms with Crippen molar-refractivity contribution in [2.75, 3.05) is 0 Å². The maximum absolute atomic E-state index is 15.3. The van der Waals surface area contributed by atoms with Gasteiger partial charge in [0.05, 0.1) is 12.7 Å². The third-order valence-electron chi connectivity index (χ3n) is 7.18. The topological polar surface area (TPSA) is 9.23 Å². The molecule has 0 aromatic heterocycles. The first-order valence-electron chi connectivity index (χ1n) is 12.1. The van der Waals surface area contributed by atoms with Gasteiger partial charge in [-0.15, -0.1) is 6.58 Å². The standard InChI is InChI=1S/C28H32F4O/c1-3-5-7-17-8-12-20(13-9-17)33-16-19-11-15-22-21-14-10-18(6-4-2)25(29)23(21)27(31)28(32)24(22)26(19)30/h3,10-11,14-15,17,20,27-28H,1,4-9,12-13,16H2,2H3. The predicted molar refractivity (Wildman–Crippen MR) is 123 cm³/mol. The minimum Gasteiger partial charge on any atom is -0.373 e. The number of rotatable bonds is 8. The first-order valence-corrected chi connectivity index (χ1v) is 12.1. The second-order valence-corrected chi connectivity index (χ2v) is 9.37. The Balaban J connectivity index is 1.53. The van der Waals surface area contributed by atoms with Gasteiger partial charge in [-0.25, -0.2) is 17.6 Å². The molecule has 4 rings (SSSR count). The van der Waals surface area contributed by atoms with Crippen molar-refractivity contribution >= 4 is 0 Å². The van der Waals surface area contributed by atoms with Crippen LogP contribution in [0.25, 0.3) is 11.1 Å². The smallest absolute Gasteiger partial charge is 0.164 e. The maximum atomic E-state index is 15.3. The van der Waals surface area contributed by atoms with Gasteiger partial charge in [0, 0.05) is 16.7 Å². The lowest BCUT2D eigenvalue weighted by Crippen LogP contribution is -2.22. The number of hydrogen-bond donors (Lipinski definition) is 0. The number of allylic oxidation sites excluding steroid dienone is 1. The molecule has 1 nitrogen and oxygen atoms in total. The Morgan fingerprint density at radius 3 is 2.06 bits per heavy atom. The van der Waals surface area contributed by atoms with E-state index in [1.807, 2.05) is 13.0 Å². The van der Waals surface area contributed by atoms with Crippen molar-refractivity contribution in [3.8, 4) is 11.1 Å². The predicted octanol–water partition coefficient (Wildman–Crippen LogP) is 8.66. The molecule has 2 unspecified atom stereocenters. The summed E-state index contributed by atoms with van der Waals surface area (Å²) >= 11 is 0. The number of fused-ring (bicyclic) bond motifs is 3. The average molecular weight is 461 g/mol. The van der Waals surface area contributed by atoms with Crippen LogP contribution in [-0.4, -0.2) is 6.10 Å². The zero-order chi connectivity index (χ0) is 23.5. The third kappa shape index (κ3) is 4.75. The minimum atomic E-state index is -2.25. The van der Waals surface area contributed by atoms with Crippen molar-refractivity contribution in [2.24, 2.45) is 5.92 Å². The van der Waals surface area contributed by atoms with E-state index < -0.39 is 24.0 Å². The summed E-state index contributed by atoms with van der Waals surface area (Å²) in [4.78, 5) is 0. The Hall–Kier alpha value is -2.14. The molecule has 0 N–H and O–H groups in total. The molecule has 1 fully saturated rings. The zero-order valence-electron chi connectivity index (χ0n) is 19.2. The van der Waals surface area contributed by atoms with E-state index in [9.17, 15) is 4.39 Å². The Morgan fingerprint density at radius 1 is 0.909 bits per heavy atom. The van der Waals surface area contributed by atoms with E-state index in [2.05, 4.69) is 6.58 Å². The van der Waals surface area contributed by atoms with Crippen LogP contribution in [0.3, 0.4) is 0 Å². The number of benzene rings is 2. The summed E-state index contributed by atoms with van der Waals surface area (Å²) in [5, 5.41) is 0. The third-order valence-corrected chi connectivity index (χ3v) is 7.18. The van der Waals surface area contributed by atoms with E-state index in [0.29, 0.717) is 24.3 Å². The Labute approximate surface area is 193 Å². The number of halogens is 4. The van der Waals surface area contributed by atoms with Crippen LogP contribution in [0.1, 0.15) is 86.5 Å². The van der Waals surface area contributed by atoms with Crippen LogP contribution < -0.4 is 0 Å². The van der Waals surface area contributed by atoms with Crippen molar-refractivity contribution in [2.45, 2.75) is 83.3 Å². The molecule has 0 aliphatic heterocycles. The molecule has 0 bridgehead atoms. The van der Waals surface area contributed by atoms with Gasteiger partial charge in [-0.05, 0) is 67.6 Å². The molecule has 2 aliphatic carbocycles. The summed E-state index contributed by atoms with van der Waals surface area (Å²) in [7, 11) is 0. The van der Waals surface area contributed by atoms with E-state index in [4.69, 9.17) is 4.74 Å². The zero-order valence-corrected chi connectivity index (χ0v) is 19.2. The van der Waals surface area contributed by atoms with Crippen LogP contribution in [0, 0.1) is 17.6 Å². The van der Waals surface area contributed by atoms with Gasteiger partial charge in [0.15, 0.2) is 12.3 Å². The van der Waals surface area contributed by atoms with E-state index in [0.717, 1.165) is 38.5 Å². The second-order valence-electron chi connectivity index (χ2n) is 9.37. The molecule has 0 amide bonds. The van der Waals surface area contributed by atoms with Gasteiger partial charge in [-0.2, -0.15) is 0 Å². The van der Waals surface area contributed by atoms with Gasteiger partial charge in [-0.1, -0.05) is 43.7 Å². The van der Waals surface area contributed by atoms with E-state index in [1.54, 1.807) is 24.3 Å². The average Bonchev–Trinajstić information content (AvgIpc) is 2.82. The van der Waals surface area contributed by atoms with Crippen molar-refractivity contribution < 1.29 is 22.3 Å². The molecular weight excluding hydrogens is 428 g/mol. The normalized spacial score (nSPS) is 24.3. The summed E-state index contributed by atoms with van der Waals surface area (Å²) in [5.41, 5.74) is 0.401. The molecule has 0 radical (unpaired) electrons. The van der Waals surface area contributed by atoms with E-state index >= 15 is 13.2 Å². The van der Waals surface area contributed by atoms with Crippen molar-refractivity contribution in [3.63, 3.8) is 0 Å². The van der Waals surface area contributed by atoms with Crippen molar-refractivity contribution in [3.05, 3.63) is 70.8 Å². The largest absolute Gasteiger partial charge is 0.373 e. The summed E-state index contributed by atoms with van der Waals surface area (Å²) in [6.07, 6.45) is 4.77. The van der Waals surface area contributed by atoms with Crippen LogP contribution in [0.5, 0.6) is 0 Å². The fourth-order valence-corrected chi connectivity index (χ4v) is 5.30. The lowest BCUT2D eigenvalue weighted by Gasteiger charge is -2.30. The molecule has 33 heavy (non-hydrogen) atoms. The summed E-state index contributed by atoms with van der Waals surface area (Å²) in [6, 6.07) is 6.30. The molecule has 0 spiro atoms. The van der Waals surface area contributed by atoms with Crippen molar-refractivity contribution in [1.82, 2.24) is 0 Å². The fraction of sp³-hybridized carbons (Fsp3) is 0.500. The highest BCUT2D eigenvalue weighted by atomic mass is 19.2. The van der Waals surface area contributed by atoms with Gasteiger partial charge < -0.3 is 4.74 Å². The highest BCUT2D eigenvalue weighted by Gasteiger charge is 2.39. The molecule has 178 valence electrons. The van der Waals surface area contributed by atoms with Gasteiger partial charge >= 0.3 is 0 Å². The van der Waals surface area contributed by atoms with Crippen LogP contribution in [0.2, 0.25) is 0 Å². The first kappa shape index (κ1) is 24.0. The summed E-state index contributed by atoms with van der Waals surface area (Å²) in [5.74, 6) is -0.826. The molecular formula is C28H32F4O. The number of ether oxygens (including phenoxy) is 1. The lowest BCUT2D eigenvalue weighted by molar-refractivity contribution is 0.00514. The lowest BCUT2D eigenvalue weighted by atomic mass is 9.80. The van der Waals surface area contributed by atoms with E-state index in [-0.39, 0.29) is 40.5 Å². The summed E-state index contributed by atoms with van der Waals surface area (Å²) in [6.45, 7) is 5.68. The van der Waals surface area contributed by atoms with Crippen LogP contribution in [0.15, 0.2) is 36.9 Å². The van der Waals surface area contributed by atoms with Crippen LogP contribution in [-0.2, 0) is 17.8 Å². The maximum Gasteiger partial charge on any atom is 0.164 e. The van der Waals surface area contributed by atoms with Crippen molar-refractivity contribution in [1.29, 1.82) is 0 Å². The monoisotopic (exact) mass is 460 g/mol. The number of hydrogen-bond acceptors (Lipinski definition) is 1. The highest BCUT2D eigenvalue weighted by Crippen LogP contribution is 2.51. The SMILES string of the molecule is C=CCCC1CCC(OCc2ccc3c(c2F)C(F)C(F)c2c-3ccc(CCC)c2F)CC1. The van der Waals surface area contributed by atoms with Crippen LogP contribution in [0.4, 0.5) is 17.6 Å². The highest BCUT2D eigenvalue weighted by molar-refractivity contribution is 5.75. The molecule has 2 aromatic rings. The van der Waals surface area contributed by atoms with Crippen LogP contribution >= 0.6 is 0 Å². The van der Waals surface area contributed by atoms with Gasteiger partial charge in [0.25, 0.3) is 0 Å². The van der Waals surface area contributed by atoms with Gasteiger partial charge in [-0.3, -0.25) is 0 Å². The quantitative estimate of drug-likeness (QED) is 0.283. The Morgan fingerprint density at radius 2 is 1.48 bits per heavy atom. The van der Waals surface area contributed by atoms with E-state index in [1.165, 1.54) is 0 Å². The second kappa shape index (κ2) is 10.4. The molecule has 2 aromatic carbocycles. The first-order chi connectivity index (χ1) is 16.0. The Kier molecular flexibility index (Phi) is 7.58. The summed E-state index contributed by atoms with van der Waals surface area (Å²) < 4.78 is 66.3. The molecule has 0 heterocycles. The fourth-order valence-electron chi connectivity index (χ4n) is 5.30. The molecule has 1 saturated carbocycles. The molecule has 2 aliphatic rings.